The molecule has 0 radical (unpaired) electrons. The van der Waals surface area contributed by atoms with Gasteiger partial charge in [-0.15, -0.1) is 0 Å². The third kappa shape index (κ3) is 5.22. The van der Waals surface area contributed by atoms with Crippen molar-refractivity contribution in [3.63, 3.8) is 0 Å². The van der Waals surface area contributed by atoms with Crippen LogP contribution >= 0.6 is 0 Å². The van der Waals surface area contributed by atoms with Crippen LogP contribution in [-0.4, -0.2) is 60.5 Å². The van der Waals surface area contributed by atoms with Crippen molar-refractivity contribution in [2.75, 3.05) is 38.0 Å². The average molecular weight is 373 g/mol. The summed E-state index contributed by atoms with van der Waals surface area (Å²) in [5.41, 5.74) is 0.790. The Balaban J connectivity index is 1.61. The molecule has 6 nitrogen and oxygen atoms in total. The van der Waals surface area contributed by atoms with Crippen molar-refractivity contribution in [1.82, 2.24) is 15.1 Å². The summed E-state index contributed by atoms with van der Waals surface area (Å²) in [5, 5.41) is 6.32. The second-order valence-electron chi connectivity index (χ2n) is 7.59. The minimum absolute atomic E-state index is 0.0818. The highest BCUT2D eigenvalue weighted by Crippen LogP contribution is 2.23. The number of hydrogen-bond donors (Lipinski definition) is 2. The first-order valence-corrected chi connectivity index (χ1v) is 10.3. The Morgan fingerprint density at radius 1 is 1.19 bits per heavy atom. The Kier molecular flexibility index (Phi) is 7.10. The van der Waals surface area contributed by atoms with E-state index in [9.17, 15) is 9.59 Å². The molecule has 0 bridgehead atoms. The van der Waals surface area contributed by atoms with Crippen LogP contribution in [0.15, 0.2) is 30.3 Å². The average Bonchev–Trinajstić information content (AvgIpc) is 2.73. The number of urea groups is 1. The number of likely N-dealkylation sites (tertiary alicyclic amines) is 1. The van der Waals surface area contributed by atoms with Crippen molar-refractivity contribution < 1.29 is 9.59 Å². The highest BCUT2D eigenvalue weighted by atomic mass is 16.2. The van der Waals surface area contributed by atoms with E-state index in [1.54, 1.807) is 4.90 Å². The number of anilines is 1. The van der Waals surface area contributed by atoms with Gasteiger partial charge in [0.1, 0.15) is 0 Å². The maximum Gasteiger partial charge on any atom is 0.321 e. The van der Waals surface area contributed by atoms with Crippen LogP contribution in [0.1, 0.15) is 39.0 Å². The molecule has 6 heteroatoms. The van der Waals surface area contributed by atoms with Crippen LogP contribution in [0.4, 0.5) is 10.5 Å². The van der Waals surface area contributed by atoms with Gasteiger partial charge < -0.3 is 20.4 Å². The molecule has 2 heterocycles. The van der Waals surface area contributed by atoms with Crippen molar-refractivity contribution in [3.8, 4) is 0 Å². The summed E-state index contributed by atoms with van der Waals surface area (Å²) in [6.45, 7) is 6.13. The quantitative estimate of drug-likeness (QED) is 0.835. The number of hydrogen-bond acceptors (Lipinski definition) is 3. The first-order chi connectivity index (χ1) is 13.2. The van der Waals surface area contributed by atoms with Gasteiger partial charge in [0.25, 0.3) is 0 Å². The second kappa shape index (κ2) is 9.74. The number of carbonyl (C=O) groups is 2. The van der Waals surface area contributed by atoms with Crippen LogP contribution in [0.3, 0.4) is 0 Å². The van der Waals surface area contributed by atoms with E-state index >= 15 is 0 Å². The predicted molar refractivity (Wildman–Crippen MR) is 108 cm³/mol. The van der Waals surface area contributed by atoms with Gasteiger partial charge in [-0.1, -0.05) is 25.1 Å². The summed E-state index contributed by atoms with van der Waals surface area (Å²) in [6, 6.07) is 9.72. The molecule has 0 saturated carbocycles. The van der Waals surface area contributed by atoms with Crippen LogP contribution in [-0.2, 0) is 4.79 Å². The Labute approximate surface area is 162 Å². The number of carbonyl (C=O) groups excluding carboxylic acids is 2. The van der Waals surface area contributed by atoms with Crippen molar-refractivity contribution in [1.29, 1.82) is 0 Å². The molecule has 2 fully saturated rings. The van der Waals surface area contributed by atoms with Crippen molar-refractivity contribution in [2.24, 2.45) is 5.92 Å². The Morgan fingerprint density at radius 2 is 1.93 bits per heavy atom. The Hall–Kier alpha value is -2.08. The topological polar surface area (TPSA) is 64.7 Å². The van der Waals surface area contributed by atoms with Crippen LogP contribution < -0.4 is 10.6 Å². The van der Waals surface area contributed by atoms with Crippen molar-refractivity contribution >= 4 is 17.6 Å². The molecule has 0 spiro atoms. The maximum atomic E-state index is 13.3. The largest absolute Gasteiger partial charge is 0.339 e. The third-order valence-electron chi connectivity index (χ3n) is 5.58. The molecule has 27 heavy (non-hydrogen) atoms. The smallest absolute Gasteiger partial charge is 0.321 e. The molecule has 2 N–H and O–H groups in total. The first-order valence-electron chi connectivity index (χ1n) is 10.3. The van der Waals surface area contributed by atoms with Gasteiger partial charge in [-0.3, -0.25) is 4.79 Å². The first kappa shape index (κ1) is 19.7. The zero-order chi connectivity index (χ0) is 19.1. The molecule has 2 aliphatic heterocycles. The summed E-state index contributed by atoms with van der Waals surface area (Å²) in [5.74, 6) is 0.155. The van der Waals surface area contributed by atoms with Gasteiger partial charge in [0.15, 0.2) is 0 Å². The number of piperidine rings is 2. The van der Waals surface area contributed by atoms with Gasteiger partial charge >= 0.3 is 6.03 Å². The van der Waals surface area contributed by atoms with Gasteiger partial charge in [0.05, 0.1) is 5.92 Å². The monoisotopic (exact) mass is 372 g/mol. The molecule has 2 aliphatic rings. The van der Waals surface area contributed by atoms with Crippen LogP contribution in [0.2, 0.25) is 0 Å². The van der Waals surface area contributed by atoms with E-state index < -0.39 is 0 Å². The van der Waals surface area contributed by atoms with E-state index in [-0.39, 0.29) is 17.9 Å². The van der Waals surface area contributed by atoms with Gasteiger partial charge in [-0.25, -0.2) is 4.79 Å². The number of nitrogens with one attached hydrogen (secondary N) is 2. The van der Waals surface area contributed by atoms with Gasteiger partial charge in [0.2, 0.25) is 5.91 Å². The van der Waals surface area contributed by atoms with E-state index in [4.69, 9.17) is 0 Å². The number of benzene rings is 1. The Morgan fingerprint density at radius 3 is 2.63 bits per heavy atom. The fraction of sp³-hybridized carbons (Fsp3) is 0.619. The predicted octanol–water partition coefficient (Wildman–Crippen LogP) is 2.92. The van der Waals surface area contributed by atoms with Gasteiger partial charge in [0, 0.05) is 31.4 Å². The van der Waals surface area contributed by atoms with E-state index in [0.29, 0.717) is 19.1 Å². The summed E-state index contributed by atoms with van der Waals surface area (Å²) < 4.78 is 0. The lowest BCUT2D eigenvalue weighted by Crippen LogP contribution is -2.52. The van der Waals surface area contributed by atoms with Crippen LogP contribution in [0, 0.1) is 5.92 Å². The molecule has 1 atom stereocenters. The number of nitrogens with zero attached hydrogens (tertiary/aromatic N) is 2. The lowest BCUT2D eigenvalue weighted by atomic mass is 9.94. The second-order valence-corrected chi connectivity index (χ2v) is 7.59. The molecule has 1 unspecified atom stereocenters. The zero-order valence-electron chi connectivity index (χ0n) is 16.3. The lowest BCUT2D eigenvalue weighted by Gasteiger charge is -2.39. The molecule has 0 aliphatic carbocycles. The molecule has 0 aromatic heterocycles. The maximum absolute atomic E-state index is 13.3. The summed E-state index contributed by atoms with van der Waals surface area (Å²) in [7, 11) is 0. The standard InChI is InChI=1S/C21H32N4O2/c1-2-14-25(19-10-12-22-13-11-19)20(26)17-7-6-15-24(16-17)21(27)23-18-8-4-3-5-9-18/h3-5,8-9,17,19,22H,2,6-7,10-16H2,1H3,(H,23,27). The number of rotatable bonds is 5. The molecule has 1 aromatic carbocycles. The number of para-hydroxylation sites is 1. The van der Waals surface area contributed by atoms with Crippen LogP contribution in [0.5, 0.6) is 0 Å². The summed E-state index contributed by atoms with van der Waals surface area (Å²) in [4.78, 5) is 29.8. The fourth-order valence-electron chi connectivity index (χ4n) is 4.15. The zero-order valence-corrected chi connectivity index (χ0v) is 16.3. The lowest BCUT2D eigenvalue weighted by molar-refractivity contribution is -0.140. The highest BCUT2D eigenvalue weighted by Gasteiger charge is 2.34. The SMILES string of the molecule is CCCN(C(=O)C1CCCN(C(=O)Nc2ccccc2)C1)C1CCNCC1. The van der Waals surface area contributed by atoms with E-state index in [0.717, 1.165) is 57.4 Å². The minimum Gasteiger partial charge on any atom is -0.339 e. The Bertz CT molecular complexity index is 616. The molecule has 2 saturated heterocycles. The molecule has 1 aromatic rings. The molecule has 3 rings (SSSR count). The normalized spacial score (nSPS) is 20.9. The van der Waals surface area contributed by atoms with Crippen molar-refractivity contribution in [3.05, 3.63) is 30.3 Å². The molecule has 3 amide bonds. The summed E-state index contributed by atoms with van der Waals surface area (Å²) in [6.07, 6.45) is 4.78. The van der Waals surface area contributed by atoms with Gasteiger partial charge in [-0.2, -0.15) is 0 Å². The van der Waals surface area contributed by atoms with Crippen molar-refractivity contribution in [2.45, 2.75) is 45.1 Å². The molecular formula is C21H32N4O2. The third-order valence-corrected chi connectivity index (χ3v) is 5.58. The highest BCUT2D eigenvalue weighted by molar-refractivity contribution is 5.90. The molecule has 148 valence electrons. The van der Waals surface area contributed by atoms with E-state index in [1.165, 1.54) is 0 Å². The molecular weight excluding hydrogens is 340 g/mol. The van der Waals surface area contributed by atoms with E-state index in [1.807, 2.05) is 30.3 Å². The van der Waals surface area contributed by atoms with Gasteiger partial charge in [-0.05, 0) is 57.3 Å². The minimum atomic E-state index is -0.109. The van der Waals surface area contributed by atoms with Crippen LogP contribution in [0.25, 0.3) is 0 Å². The summed E-state index contributed by atoms with van der Waals surface area (Å²) >= 11 is 0. The fourth-order valence-corrected chi connectivity index (χ4v) is 4.15. The number of amides is 3. The van der Waals surface area contributed by atoms with E-state index in [2.05, 4.69) is 22.5 Å².